The Morgan fingerprint density at radius 3 is 2.81 bits per heavy atom. The van der Waals surface area contributed by atoms with E-state index in [0.29, 0.717) is 20.6 Å². The number of carbonyl (C=O) groups is 1. The Bertz CT molecular complexity index is 1550. The van der Waals surface area contributed by atoms with Crippen molar-refractivity contribution in [1.29, 1.82) is 0 Å². The Morgan fingerprint density at radius 1 is 1.25 bits per heavy atom. The van der Waals surface area contributed by atoms with Gasteiger partial charge in [0.1, 0.15) is 6.04 Å². The standard InChI is InChI=1S/C24H21N3O3S2/c1-4-30-23(29)20-14(2)25-24-27(21(20)18-10-7-11-31-18)22(28)19(32-24)12-15-13-26(3)17-9-6-5-8-16(15)17/h5-13,21H,4H2,1-3H3/b19-12+/t21-/m0/s1. The molecule has 0 unspecified atom stereocenters. The number of nitrogens with zero attached hydrogens (tertiary/aromatic N) is 3. The van der Waals surface area contributed by atoms with Gasteiger partial charge in [-0.3, -0.25) is 9.36 Å². The molecule has 8 heteroatoms. The molecule has 0 N–H and O–H groups in total. The Balaban J connectivity index is 1.74. The van der Waals surface area contributed by atoms with E-state index in [9.17, 15) is 9.59 Å². The van der Waals surface area contributed by atoms with Gasteiger partial charge in [-0.05, 0) is 37.4 Å². The summed E-state index contributed by atoms with van der Waals surface area (Å²) in [4.78, 5) is 32.5. The molecule has 0 fully saturated rings. The minimum absolute atomic E-state index is 0.158. The van der Waals surface area contributed by atoms with E-state index in [1.54, 1.807) is 18.4 Å². The molecule has 32 heavy (non-hydrogen) atoms. The van der Waals surface area contributed by atoms with Gasteiger partial charge in [-0.15, -0.1) is 11.3 Å². The van der Waals surface area contributed by atoms with Gasteiger partial charge in [-0.2, -0.15) is 0 Å². The van der Waals surface area contributed by atoms with Gasteiger partial charge in [0.2, 0.25) is 0 Å². The molecule has 4 aromatic rings. The quantitative estimate of drug-likeness (QED) is 0.436. The summed E-state index contributed by atoms with van der Waals surface area (Å²) < 4.78 is 9.58. The van der Waals surface area contributed by atoms with Crippen molar-refractivity contribution in [3.8, 4) is 0 Å². The van der Waals surface area contributed by atoms with Gasteiger partial charge < -0.3 is 9.30 Å². The second-order valence-electron chi connectivity index (χ2n) is 7.53. The first-order chi connectivity index (χ1) is 15.5. The number of thiophene rings is 1. The van der Waals surface area contributed by atoms with Crippen LogP contribution in [0.25, 0.3) is 17.0 Å². The number of aromatic nitrogens is 2. The van der Waals surface area contributed by atoms with Crippen LogP contribution in [-0.2, 0) is 16.6 Å². The highest BCUT2D eigenvalue weighted by Crippen LogP contribution is 2.33. The van der Waals surface area contributed by atoms with Crippen molar-refractivity contribution in [1.82, 2.24) is 9.13 Å². The molecule has 0 saturated carbocycles. The zero-order valence-corrected chi connectivity index (χ0v) is 19.5. The molecule has 0 radical (unpaired) electrons. The number of hydrogen-bond donors (Lipinski definition) is 0. The third-order valence-corrected chi connectivity index (χ3v) is 7.45. The van der Waals surface area contributed by atoms with Crippen molar-refractivity contribution in [2.24, 2.45) is 12.0 Å². The number of para-hydroxylation sites is 1. The van der Waals surface area contributed by atoms with Crippen LogP contribution >= 0.6 is 22.7 Å². The van der Waals surface area contributed by atoms with Crippen LogP contribution in [0.3, 0.4) is 0 Å². The number of hydrogen-bond acceptors (Lipinski definition) is 6. The third kappa shape index (κ3) is 3.27. The van der Waals surface area contributed by atoms with E-state index >= 15 is 0 Å². The highest BCUT2D eigenvalue weighted by atomic mass is 32.1. The summed E-state index contributed by atoms with van der Waals surface area (Å²) in [6.07, 6.45) is 3.94. The molecule has 4 heterocycles. The zero-order valence-electron chi connectivity index (χ0n) is 17.9. The summed E-state index contributed by atoms with van der Waals surface area (Å²) in [6, 6.07) is 11.4. The lowest BCUT2D eigenvalue weighted by molar-refractivity contribution is -0.139. The Hall–Kier alpha value is -3.23. The van der Waals surface area contributed by atoms with Crippen LogP contribution in [0.1, 0.15) is 30.3 Å². The number of benzene rings is 1. The minimum Gasteiger partial charge on any atom is -0.463 e. The average molecular weight is 464 g/mol. The van der Waals surface area contributed by atoms with Crippen LogP contribution in [0.5, 0.6) is 0 Å². The molecule has 0 bridgehead atoms. The predicted octanol–water partition coefficient (Wildman–Crippen LogP) is 3.35. The van der Waals surface area contributed by atoms with Crippen LogP contribution in [0, 0.1) is 0 Å². The largest absolute Gasteiger partial charge is 0.463 e. The van der Waals surface area contributed by atoms with Crippen LogP contribution < -0.4 is 14.9 Å². The lowest BCUT2D eigenvalue weighted by atomic mass is 10.0. The number of carbonyl (C=O) groups excluding carboxylic acids is 1. The molecule has 0 aliphatic carbocycles. The summed E-state index contributed by atoms with van der Waals surface area (Å²) in [5.74, 6) is -0.435. The third-order valence-electron chi connectivity index (χ3n) is 5.54. The Labute approximate surface area is 192 Å². The van der Waals surface area contributed by atoms with Gasteiger partial charge in [0.25, 0.3) is 5.56 Å². The first kappa shape index (κ1) is 20.7. The van der Waals surface area contributed by atoms with Crippen LogP contribution in [0.2, 0.25) is 0 Å². The first-order valence-corrected chi connectivity index (χ1v) is 12.0. The molecule has 162 valence electrons. The maximum absolute atomic E-state index is 13.6. The lowest BCUT2D eigenvalue weighted by Crippen LogP contribution is -2.39. The van der Waals surface area contributed by atoms with Gasteiger partial charge >= 0.3 is 5.97 Å². The van der Waals surface area contributed by atoms with E-state index in [2.05, 4.69) is 21.7 Å². The van der Waals surface area contributed by atoms with E-state index in [0.717, 1.165) is 21.3 Å². The molecule has 1 aliphatic rings. The van der Waals surface area contributed by atoms with Crippen molar-refractivity contribution >= 4 is 45.6 Å². The molecule has 1 aromatic carbocycles. The van der Waals surface area contributed by atoms with Crippen molar-refractivity contribution in [3.63, 3.8) is 0 Å². The van der Waals surface area contributed by atoms with Gasteiger partial charge in [-0.25, -0.2) is 9.79 Å². The van der Waals surface area contributed by atoms with E-state index in [1.807, 2.05) is 49.0 Å². The number of fused-ring (bicyclic) bond motifs is 2. The molecule has 1 atom stereocenters. The normalized spacial score (nSPS) is 16.3. The van der Waals surface area contributed by atoms with Gasteiger partial charge in [0.15, 0.2) is 4.80 Å². The highest BCUT2D eigenvalue weighted by molar-refractivity contribution is 7.10. The monoisotopic (exact) mass is 463 g/mol. The second-order valence-corrected chi connectivity index (χ2v) is 9.52. The summed E-state index contributed by atoms with van der Waals surface area (Å²) in [5.41, 5.74) is 2.92. The van der Waals surface area contributed by atoms with Crippen molar-refractivity contribution in [2.45, 2.75) is 19.9 Å². The zero-order chi connectivity index (χ0) is 22.4. The van der Waals surface area contributed by atoms with Crippen molar-refractivity contribution < 1.29 is 9.53 Å². The molecular formula is C24H21N3O3S2. The summed E-state index contributed by atoms with van der Waals surface area (Å²) >= 11 is 2.85. The number of thiazole rings is 1. The molecule has 0 spiro atoms. The molecule has 0 amide bonds. The fraction of sp³-hybridized carbons (Fsp3) is 0.208. The number of aryl methyl sites for hydroxylation is 1. The summed E-state index contributed by atoms with van der Waals surface area (Å²) in [5, 5.41) is 3.03. The van der Waals surface area contributed by atoms with Gasteiger partial charge in [-0.1, -0.05) is 35.6 Å². The maximum atomic E-state index is 13.6. The minimum atomic E-state index is -0.542. The highest BCUT2D eigenvalue weighted by Gasteiger charge is 2.33. The molecular weight excluding hydrogens is 442 g/mol. The fourth-order valence-corrected chi connectivity index (χ4v) is 6.00. The maximum Gasteiger partial charge on any atom is 0.338 e. The van der Waals surface area contributed by atoms with Gasteiger partial charge in [0, 0.05) is 34.6 Å². The number of allylic oxidation sites excluding steroid dienone is 1. The fourth-order valence-electron chi connectivity index (χ4n) is 4.14. The number of rotatable bonds is 4. The van der Waals surface area contributed by atoms with Crippen molar-refractivity contribution in [3.05, 3.63) is 89.4 Å². The summed E-state index contributed by atoms with van der Waals surface area (Å²) in [6.45, 7) is 3.83. The molecule has 1 aliphatic heterocycles. The first-order valence-electron chi connectivity index (χ1n) is 10.3. The molecule has 5 rings (SSSR count). The van der Waals surface area contributed by atoms with E-state index in [4.69, 9.17) is 4.74 Å². The van der Waals surface area contributed by atoms with E-state index in [-0.39, 0.29) is 12.2 Å². The predicted molar refractivity (Wildman–Crippen MR) is 128 cm³/mol. The second kappa shape index (κ2) is 8.03. The van der Waals surface area contributed by atoms with Gasteiger partial charge in [0.05, 0.1) is 22.4 Å². The number of ether oxygens (including phenoxy) is 1. The lowest BCUT2D eigenvalue weighted by Gasteiger charge is -2.23. The SMILES string of the molecule is CCOC(=O)C1=C(C)N=c2s/c(=C/c3cn(C)c4ccccc34)c(=O)n2[C@H]1c1cccs1. The van der Waals surface area contributed by atoms with Crippen LogP contribution in [-0.4, -0.2) is 21.7 Å². The van der Waals surface area contributed by atoms with Crippen LogP contribution in [0.4, 0.5) is 0 Å². The van der Waals surface area contributed by atoms with Crippen molar-refractivity contribution in [2.75, 3.05) is 6.61 Å². The van der Waals surface area contributed by atoms with Crippen LogP contribution in [0.15, 0.2) is 69.0 Å². The average Bonchev–Trinajstić information content (AvgIpc) is 3.48. The Morgan fingerprint density at radius 2 is 2.06 bits per heavy atom. The topological polar surface area (TPSA) is 65.6 Å². The smallest absolute Gasteiger partial charge is 0.338 e. The summed E-state index contributed by atoms with van der Waals surface area (Å²) in [7, 11) is 1.99. The molecule has 0 saturated heterocycles. The van der Waals surface area contributed by atoms with E-state index < -0.39 is 12.0 Å². The molecule has 6 nitrogen and oxygen atoms in total. The Kier molecular flexibility index (Phi) is 5.19. The van der Waals surface area contributed by atoms with E-state index in [1.165, 1.54) is 22.7 Å². The number of esters is 1. The molecule has 3 aromatic heterocycles.